The van der Waals surface area contributed by atoms with E-state index in [1.54, 1.807) is 18.2 Å². The number of rotatable bonds is 3. The van der Waals surface area contributed by atoms with Gasteiger partial charge in [0, 0.05) is 5.69 Å². The number of nitrogens with two attached hydrogens (primary N) is 2. The molecule has 4 N–H and O–H groups in total. The Morgan fingerprint density at radius 1 is 1.43 bits per heavy atom. The van der Waals surface area contributed by atoms with E-state index in [2.05, 4.69) is 0 Å². The average Bonchev–Trinajstić information content (AvgIpc) is 2.87. The Kier molecular flexibility index (Phi) is 2.04. The molecule has 1 amide bonds. The van der Waals surface area contributed by atoms with Crippen LogP contribution in [0.15, 0.2) is 18.2 Å². The molecule has 4 heteroatoms. The predicted octanol–water partition coefficient (Wildman–Crippen LogP) is 0.909. The predicted molar refractivity (Wildman–Crippen MR) is 53.0 cm³/mol. The molecule has 0 bridgehead atoms. The van der Waals surface area contributed by atoms with Crippen LogP contribution in [-0.4, -0.2) is 12.0 Å². The van der Waals surface area contributed by atoms with Crippen molar-refractivity contribution in [3.63, 3.8) is 0 Å². The van der Waals surface area contributed by atoms with Crippen molar-refractivity contribution in [2.24, 2.45) is 5.73 Å². The SMILES string of the molecule is NC(=O)c1c(N)cccc1OC1CC1. The smallest absolute Gasteiger partial charge is 0.254 e. The van der Waals surface area contributed by atoms with E-state index < -0.39 is 5.91 Å². The van der Waals surface area contributed by atoms with Crippen LogP contribution in [0.4, 0.5) is 5.69 Å². The van der Waals surface area contributed by atoms with E-state index in [0.29, 0.717) is 17.0 Å². The van der Waals surface area contributed by atoms with Crippen LogP contribution in [0.1, 0.15) is 23.2 Å². The molecule has 0 unspecified atom stereocenters. The third kappa shape index (κ3) is 1.64. The third-order valence-electron chi connectivity index (χ3n) is 2.12. The van der Waals surface area contributed by atoms with Gasteiger partial charge in [0.1, 0.15) is 11.3 Å². The van der Waals surface area contributed by atoms with E-state index in [0.717, 1.165) is 12.8 Å². The molecule has 1 saturated carbocycles. The highest BCUT2D eigenvalue weighted by atomic mass is 16.5. The van der Waals surface area contributed by atoms with E-state index in [-0.39, 0.29) is 6.10 Å². The van der Waals surface area contributed by atoms with Gasteiger partial charge in [0.25, 0.3) is 5.91 Å². The highest BCUT2D eigenvalue weighted by Gasteiger charge is 2.25. The number of hydrogen-bond donors (Lipinski definition) is 2. The van der Waals surface area contributed by atoms with Crippen molar-refractivity contribution in [3.8, 4) is 5.75 Å². The summed E-state index contributed by atoms with van der Waals surface area (Å²) in [7, 11) is 0. The first-order valence-electron chi connectivity index (χ1n) is 4.53. The van der Waals surface area contributed by atoms with E-state index in [4.69, 9.17) is 16.2 Å². The van der Waals surface area contributed by atoms with E-state index in [9.17, 15) is 4.79 Å². The van der Waals surface area contributed by atoms with Gasteiger partial charge in [0.05, 0.1) is 6.10 Å². The molecule has 0 saturated heterocycles. The van der Waals surface area contributed by atoms with Crippen LogP contribution in [-0.2, 0) is 0 Å². The number of carbonyl (C=O) groups is 1. The first kappa shape index (κ1) is 8.87. The van der Waals surface area contributed by atoms with Gasteiger partial charge < -0.3 is 16.2 Å². The Bertz CT molecular complexity index is 372. The molecule has 0 atom stereocenters. The standard InChI is InChI=1S/C10H12N2O2/c11-7-2-1-3-8(9(7)10(12)13)14-6-4-5-6/h1-3,6H,4-5,11H2,(H2,12,13). The zero-order valence-electron chi connectivity index (χ0n) is 7.69. The maximum atomic E-state index is 11.1. The lowest BCUT2D eigenvalue weighted by Crippen LogP contribution is -2.15. The summed E-state index contributed by atoms with van der Waals surface area (Å²) in [5.74, 6) is -0.0428. The molecule has 74 valence electrons. The van der Waals surface area contributed by atoms with Crippen LogP contribution in [0.25, 0.3) is 0 Å². The fourth-order valence-corrected chi connectivity index (χ4v) is 1.28. The van der Waals surface area contributed by atoms with Gasteiger partial charge in [-0.05, 0) is 25.0 Å². The van der Waals surface area contributed by atoms with Crippen LogP contribution in [0.5, 0.6) is 5.75 Å². The normalized spacial score (nSPS) is 15.1. The topological polar surface area (TPSA) is 78.3 Å². The molecule has 4 nitrogen and oxygen atoms in total. The summed E-state index contributed by atoms with van der Waals surface area (Å²) in [4.78, 5) is 11.1. The Morgan fingerprint density at radius 3 is 2.71 bits per heavy atom. The minimum absolute atomic E-state index is 0.231. The molecule has 2 rings (SSSR count). The summed E-state index contributed by atoms with van der Waals surface area (Å²) in [6.07, 6.45) is 2.30. The molecule has 0 spiro atoms. The summed E-state index contributed by atoms with van der Waals surface area (Å²) < 4.78 is 5.52. The molecule has 14 heavy (non-hydrogen) atoms. The largest absolute Gasteiger partial charge is 0.490 e. The molecule has 1 aromatic carbocycles. The number of ether oxygens (including phenoxy) is 1. The van der Waals surface area contributed by atoms with Crippen molar-refractivity contribution >= 4 is 11.6 Å². The summed E-state index contributed by atoms with van der Waals surface area (Å²) in [5, 5.41) is 0. The maximum Gasteiger partial charge on any atom is 0.254 e. The summed E-state index contributed by atoms with van der Waals surface area (Å²) >= 11 is 0. The van der Waals surface area contributed by atoms with Gasteiger partial charge in [-0.25, -0.2) is 0 Å². The second-order valence-corrected chi connectivity index (χ2v) is 3.40. The average molecular weight is 192 g/mol. The van der Waals surface area contributed by atoms with Gasteiger partial charge in [-0.15, -0.1) is 0 Å². The molecular formula is C10H12N2O2. The molecule has 0 aromatic heterocycles. The minimum atomic E-state index is -0.543. The summed E-state index contributed by atoms with van der Waals surface area (Å²) in [6.45, 7) is 0. The van der Waals surface area contributed by atoms with Gasteiger partial charge in [0.15, 0.2) is 0 Å². The molecule has 0 heterocycles. The highest BCUT2D eigenvalue weighted by Crippen LogP contribution is 2.31. The molecule has 0 aliphatic heterocycles. The first-order valence-corrected chi connectivity index (χ1v) is 4.53. The Morgan fingerprint density at radius 2 is 2.14 bits per heavy atom. The Labute approximate surface area is 81.8 Å². The van der Waals surface area contributed by atoms with Crippen molar-refractivity contribution in [1.82, 2.24) is 0 Å². The molecule has 1 aliphatic rings. The molecule has 1 fully saturated rings. The zero-order chi connectivity index (χ0) is 10.1. The van der Waals surface area contributed by atoms with Gasteiger partial charge in [-0.3, -0.25) is 4.79 Å². The number of hydrogen-bond acceptors (Lipinski definition) is 3. The monoisotopic (exact) mass is 192 g/mol. The quantitative estimate of drug-likeness (QED) is 0.698. The second kappa shape index (κ2) is 3.21. The summed E-state index contributed by atoms with van der Waals surface area (Å²) in [6, 6.07) is 5.11. The summed E-state index contributed by atoms with van der Waals surface area (Å²) in [5.41, 5.74) is 11.5. The van der Waals surface area contributed by atoms with Gasteiger partial charge in [0.2, 0.25) is 0 Å². The fraction of sp³-hybridized carbons (Fsp3) is 0.300. The molecule has 1 aliphatic carbocycles. The number of primary amides is 1. The minimum Gasteiger partial charge on any atom is -0.490 e. The van der Waals surface area contributed by atoms with Crippen LogP contribution in [0.3, 0.4) is 0 Å². The van der Waals surface area contributed by atoms with Gasteiger partial charge in [-0.1, -0.05) is 6.07 Å². The number of anilines is 1. The Balaban J connectivity index is 2.35. The molecule has 0 radical (unpaired) electrons. The van der Waals surface area contributed by atoms with Gasteiger partial charge in [-0.2, -0.15) is 0 Å². The second-order valence-electron chi connectivity index (χ2n) is 3.40. The lowest BCUT2D eigenvalue weighted by Gasteiger charge is -2.09. The third-order valence-corrected chi connectivity index (χ3v) is 2.12. The number of amides is 1. The number of carbonyl (C=O) groups excluding carboxylic acids is 1. The lowest BCUT2D eigenvalue weighted by molar-refractivity contribution is 0.0997. The van der Waals surface area contributed by atoms with E-state index in [1.807, 2.05) is 0 Å². The number of nitrogen functional groups attached to an aromatic ring is 1. The van der Waals surface area contributed by atoms with Crippen molar-refractivity contribution in [3.05, 3.63) is 23.8 Å². The fourth-order valence-electron chi connectivity index (χ4n) is 1.28. The zero-order valence-corrected chi connectivity index (χ0v) is 7.69. The van der Waals surface area contributed by atoms with E-state index in [1.165, 1.54) is 0 Å². The molecular weight excluding hydrogens is 180 g/mol. The number of benzene rings is 1. The van der Waals surface area contributed by atoms with Crippen molar-refractivity contribution in [1.29, 1.82) is 0 Å². The Hall–Kier alpha value is -1.71. The van der Waals surface area contributed by atoms with Crippen LogP contribution in [0, 0.1) is 0 Å². The lowest BCUT2D eigenvalue weighted by atomic mass is 10.1. The van der Waals surface area contributed by atoms with E-state index >= 15 is 0 Å². The van der Waals surface area contributed by atoms with Crippen molar-refractivity contribution in [2.45, 2.75) is 18.9 Å². The molecule has 1 aromatic rings. The maximum absolute atomic E-state index is 11.1. The van der Waals surface area contributed by atoms with Crippen molar-refractivity contribution < 1.29 is 9.53 Å². The first-order chi connectivity index (χ1) is 6.68. The highest BCUT2D eigenvalue weighted by molar-refractivity contribution is 6.00. The van der Waals surface area contributed by atoms with Crippen LogP contribution in [0.2, 0.25) is 0 Å². The van der Waals surface area contributed by atoms with Crippen molar-refractivity contribution in [2.75, 3.05) is 5.73 Å². The van der Waals surface area contributed by atoms with Crippen LogP contribution < -0.4 is 16.2 Å². The van der Waals surface area contributed by atoms with Crippen LogP contribution >= 0.6 is 0 Å². The van der Waals surface area contributed by atoms with Gasteiger partial charge >= 0.3 is 0 Å².